The van der Waals surface area contributed by atoms with Gasteiger partial charge in [-0.05, 0) is 30.5 Å². The van der Waals surface area contributed by atoms with Crippen LogP contribution in [0.4, 0.5) is 5.82 Å². The summed E-state index contributed by atoms with van der Waals surface area (Å²) in [7, 11) is 0. The number of hydrogen-bond donors (Lipinski definition) is 1. The zero-order chi connectivity index (χ0) is 12.1. The second kappa shape index (κ2) is 5.46. The Hall–Kier alpha value is -1.86. The topological polar surface area (TPSA) is 48.7 Å². The molecule has 0 amide bonds. The molecule has 17 heavy (non-hydrogen) atoms. The van der Waals surface area contributed by atoms with Gasteiger partial charge in [-0.2, -0.15) is 5.26 Å². The summed E-state index contributed by atoms with van der Waals surface area (Å²) >= 11 is 1.76. The van der Waals surface area contributed by atoms with E-state index in [-0.39, 0.29) is 0 Å². The van der Waals surface area contributed by atoms with Gasteiger partial charge in [-0.25, -0.2) is 4.98 Å². The maximum absolute atomic E-state index is 8.80. The van der Waals surface area contributed by atoms with E-state index in [2.05, 4.69) is 40.8 Å². The number of hydrogen-bond acceptors (Lipinski definition) is 4. The Morgan fingerprint density at radius 1 is 1.53 bits per heavy atom. The van der Waals surface area contributed by atoms with E-state index < -0.39 is 0 Å². The molecule has 2 aromatic rings. The minimum absolute atomic E-state index is 0.301. The van der Waals surface area contributed by atoms with Crippen LogP contribution in [0, 0.1) is 11.3 Å². The molecule has 0 radical (unpaired) electrons. The van der Waals surface area contributed by atoms with Crippen molar-refractivity contribution in [3.63, 3.8) is 0 Å². The van der Waals surface area contributed by atoms with Gasteiger partial charge in [0.2, 0.25) is 0 Å². The van der Waals surface area contributed by atoms with Crippen LogP contribution in [-0.2, 0) is 6.42 Å². The zero-order valence-electron chi connectivity index (χ0n) is 9.55. The van der Waals surface area contributed by atoms with Gasteiger partial charge >= 0.3 is 0 Å². The van der Waals surface area contributed by atoms with Crippen LogP contribution in [0.5, 0.6) is 0 Å². The smallest absolute Gasteiger partial charge is 0.127 e. The van der Waals surface area contributed by atoms with E-state index in [1.807, 2.05) is 0 Å². The second-order valence-electron chi connectivity index (χ2n) is 3.87. The van der Waals surface area contributed by atoms with Crippen LogP contribution in [0.1, 0.15) is 17.4 Å². The predicted molar refractivity (Wildman–Crippen MR) is 70.1 cm³/mol. The summed E-state index contributed by atoms with van der Waals surface area (Å²) in [5, 5.41) is 14.2. The first-order valence-electron chi connectivity index (χ1n) is 5.43. The SMILES string of the molecule is CC(Cc1cccs1)Nc1cc(C#N)ccn1. The molecule has 2 rings (SSSR count). The van der Waals surface area contributed by atoms with Crippen LogP contribution in [0.3, 0.4) is 0 Å². The maximum atomic E-state index is 8.80. The lowest BCUT2D eigenvalue weighted by molar-refractivity contribution is 0.794. The van der Waals surface area contributed by atoms with Gasteiger partial charge in [-0.1, -0.05) is 6.07 Å². The molecule has 1 atom stereocenters. The summed E-state index contributed by atoms with van der Waals surface area (Å²) in [5.74, 6) is 0.758. The molecule has 0 aliphatic rings. The van der Waals surface area contributed by atoms with E-state index in [1.165, 1.54) is 4.88 Å². The molecule has 0 aliphatic heterocycles. The number of aromatic nitrogens is 1. The Balaban J connectivity index is 1.98. The van der Waals surface area contributed by atoms with Gasteiger partial charge in [-0.15, -0.1) is 11.3 Å². The lowest BCUT2D eigenvalue weighted by atomic mass is 10.2. The molecule has 0 saturated heterocycles. The first-order chi connectivity index (χ1) is 8.28. The fourth-order valence-electron chi connectivity index (χ4n) is 1.61. The molecule has 0 fully saturated rings. The summed E-state index contributed by atoms with van der Waals surface area (Å²) in [6.45, 7) is 2.11. The molecule has 2 heterocycles. The van der Waals surface area contributed by atoms with Gasteiger partial charge in [-0.3, -0.25) is 0 Å². The molecule has 2 aromatic heterocycles. The number of pyridine rings is 1. The number of nitrogens with one attached hydrogen (secondary N) is 1. The molecule has 1 N–H and O–H groups in total. The molecule has 3 nitrogen and oxygen atoms in total. The summed E-state index contributed by atoms with van der Waals surface area (Å²) in [6, 6.07) is 10.1. The molecule has 0 bridgehead atoms. The molecule has 0 aromatic carbocycles. The van der Waals surface area contributed by atoms with Crippen molar-refractivity contribution in [2.75, 3.05) is 5.32 Å². The fraction of sp³-hybridized carbons (Fsp3) is 0.231. The average molecular weight is 243 g/mol. The predicted octanol–water partition coefficient (Wildman–Crippen LogP) is 3.06. The summed E-state index contributed by atoms with van der Waals surface area (Å²) in [4.78, 5) is 5.55. The van der Waals surface area contributed by atoms with Crippen LogP contribution >= 0.6 is 11.3 Å². The summed E-state index contributed by atoms with van der Waals surface area (Å²) < 4.78 is 0. The minimum atomic E-state index is 0.301. The Labute approximate surface area is 105 Å². The normalized spacial score (nSPS) is 11.8. The van der Waals surface area contributed by atoms with Crippen LogP contribution in [0.25, 0.3) is 0 Å². The molecular weight excluding hydrogens is 230 g/mol. The Morgan fingerprint density at radius 3 is 3.12 bits per heavy atom. The number of anilines is 1. The number of thiophene rings is 1. The van der Waals surface area contributed by atoms with Crippen molar-refractivity contribution in [3.05, 3.63) is 46.3 Å². The molecular formula is C13H13N3S. The van der Waals surface area contributed by atoms with E-state index in [0.717, 1.165) is 12.2 Å². The van der Waals surface area contributed by atoms with Gasteiger partial charge in [0.05, 0.1) is 11.6 Å². The standard InChI is InChI=1S/C13H13N3S/c1-10(7-12-3-2-6-17-12)16-13-8-11(9-14)4-5-15-13/h2-6,8,10H,7H2,1H3,(H,15,16). The Bertz CT molecular complexity index is 514. The van der Waals surface area contributed by atoms with E-state index >= 15 is 0 Å². The third-order valence-corrected chi connectivity index (χ3v) is 3.27. The highest BCUT2D eigenvalue weighted by atomic mass is 32.1. The van der Waals surface area contributed by atoms with Gasteiger partial charge < -0.3 is 5.32 Å². The zero-order valence-corrected chi connectivity index (χ0v) is 10.4. The van der Waals surface area contributed by atoms with Crippen molar-refractivity contribution in [1.82, 2.24) is 4.98 Å². The molecule has 0 aliphatic carbocycles. The lowest BCUT2D eigenvalue weighted by Crippen LogP contribution is -2.18. The highest BCUT2D eigenvalue weighted by Crippen LogP contribution is 2.14. The maximum Gasteiger partial charge on any atom is 0.127 e. The second-order valence-corrected chi connectivity index (χ2v) is 4.90. The van der Waals surface area contributed by atoms with Crippen LogP contribution in [-0.4, -0.2) is 11.0 Å². The van der Waals surface area contributed by atoms with Crippen LogP contribution in [0.15, 0.2) is 35.8 Å². The largest absolute Gasteiger partial charge is 0.367 e. The van der Waals surface area contributed by atoms with Gasteiger partial charge in [0.1, 0.15) is 5.82 Å². The number of nitrogens with zero attached hydrogens (tertiary/aromatic N) is 2. The molecule has 0 spiro atoms. The van der Waals surface area contributed by atoms with Crippen LogP contribution < -0.4 is 5.32 Å². The van der Waals surface area contributed by atoms with Gasteiger partial charge in [0.15, 0.2) is 0 Å². The van der Waals surface area contributed by atoms with Crippen molar-refractivity contribution >= 4 is 17.2 Å². The van der Waals surface area contributed by atoms with Gasteiger partial charge in [0.25, 0.3) is 0 Å². The van der Waals surface area contributed by atoms with Crippen molar-refractivity contribution in [2.24, 2.45) is 0 Å². The number of nitriles is 1. The fourth-order valence-corrected chi connectivity index (χ4v) is 2.45. The van der Waals surface area contributed by atoms with E-state index in [1.54, 1.807) is 29.7 Å². The van der Waals surface area contributed by atoms with Crippen molar-refractivity contribution in [3.8, 4) is 6.07 Å². The first kappa shape index (κ1) is 11.6. The third-order valence-electron chi connectivity index (χ3n) is 2.37. The molecule has 86 valence electrons. The lowest BCUT2D eigenvalue weighted by Gasteiger charge is -2.13. The first-order valence-corrected chi connectivity index (χ1v) is 6.31. The average Bonchev–Trinajstić information content (AvgIpc) is 2.82. The van der Waals surface area contributed by atoms with Gasteiger partial charge in [0, 0.05) is 23.5 Å². The minimum Gasteiger partial charge on any atom is -0.367 e. The number of rotatable bonds is 4. The van der Waals surface area contributed by atoms with E-state index in [9.17, 15) is 0 Å². The Kier molecular flexibility index (Phi) is 3.73. The third kappa shape index (κ3) is 3.30. The summed E-state index contributed by atoms with van der Waals surface area (Å²) in [5.41, 5.74) is 0.630. The van der Waals surface area contributed by atoms with E-state index in [0.29, 0.717) is 11.6 Å². The van der Waals surface area contributed by atoms with Crippen molar-refractivity contribution in [2.45, 2.75) is 19.4 Å². The van der Waals surface area contributed by atoms with Crippen molar-refractivity contribution < 1.29 is 0 Å². The highest BCUT2D eigenvalue weighted by molar-refractivity contribution is 7.09. The van der Waals surface area contributed by atoms with E-state index in [4.69, 9.17) is 5.26 Å². The highest BCUT2D eigenvalue weighted by Gasteiger charge is 2.05. The summed E-state index contributed by atoms with van der Waals surface area (Å²) in [6.07, 6.45) is 2.62. The monoisotopic (exact) mass is 243 g/mol. The molecule has 1 unspecified atom stereocenters. The molecule has 0 saturated carbocycles. The quantitative estimate of drug-likeness (QED) is 0.897. The van der Waals surface area contributed by atoms with Crippen molar-refractivity contribution in [1.29, 1.82) is 5.26 Å². The molecule has 4 heteroatoms. The van der Waals surface area contributed by atoms with Crippen LogP contribution in [0.2, 0.25) is 0 Å². The Morgan fingerprint density at radius 2 is 2.41 bits per heavy atom.